The maximum atomic E-state index is 11.8. The lowest BCUT2D eigenvalue weighted by Gasteiger charge is -2.04. The number of halogens is 3. The molecular formula is C10H11F3N2O. The SMILES string of the molecule is Cc1cnc(C(=O)CCCC(F)(F)F)nc1. The van der Waals surface area contributed by atoms with Gasteiger partial charge in [-0.1, -0.05) is 0 Å². The van der Waals surface area contributed by atoms with Crippen molar-refractivity contribution in [3.8, 4) is 0 Å². The summed E-state index contributed by atoms with van der Waals surface area (Å²) in [4.78, 5) is 18.9. The summed E-state index contributed by atoms with van der Waals surface area (Å²) < 4.78 is 35.5. The zero-order valence-corrected chi connectivity index (χ0v) is 8.71. The van der Waals surface area contributed by atoms with Gasteiger partial charge in [-0.05, 0) is 18.9 Å². The lowest BCUT2D eigenvalue weighted by molar-refractivity contribution is -0.135. The first kappa shape index (κ1) is 12.6. The Balaban J connectivity index is 2.44. The Morgan fingerprint density at radius 1 is 1.31 bits per heavy atom. The molecule has 0 aliphatic heterocycles. The summed E-state index contributed by atoms with van der Waals surface area (Å²) in [6, 6.07) is 0. The van der Waals surface area contributed by atoms with Crippen LogP contribution in [0.15, 0.2) is 12.4 Å². The molecule has 3 nitrogen and oxygen atoms in total. The summed E-state index contributed by atoms with van der Waals surface area (Å²) in [5.74, 6) is -0.475. The molecule has 0 aliphatic carbocycles. The first-order valence-electron chi connectivity index (χ1n) is 4.77. The number of Topliss-reactive ketones (excluding diaryl/α,β-unsaturated/α-hetero) is 1. The Hall–Kier alpha value is -1.46. The van der Waals surface area contributed by atoms with Crippen LogP contribution < -0.4 is 0 Å². The number of carbonyl (C=O) groups excluding carboxylic acids is 1. The fraction of sp³-hybridized carbons (Fsp3) is 0.500. The molecule has 1 heterocycles. The minimum Gasteiger partial charge on any atom is -0.291 e. The van der Waals surface area contributed by atoms with E-state index in [2.05, 4.69) is 9.97 Å². The highest BCUT2D eigenvalue weighted by atomic mass is 19.4. The lowest BCUT2D eigenvalue weighted by atomic mass is 10.1. The monoisotopic (exact) mass is 232 g/mol. The van der Waals surface area contributed by atoms with E-state index in [0.717, 1.165) is 5.56 Å². The number of rotatable bonds is 4. The summed E-state index contributed by atoms with van der Waals surface area (Å²) in [5, 5.41) is 0. The molecule has 88 valence electrons. The van der Waals surface area contributed by atoms with Gasteiger partial charge in [-0.15, -0.1) is 0 Å². The predicted molar refractivity (Wildman–Crippen MR) is 51.0 cm³/mol. The van der Waals surface area contributed by atoms with Gasteiger partial charge in [0, 0.05) is 25.2 Å². The number of aryl methyl sites for hydroxylation is 1. The van der Waals surface area contributed by atoms with E-state index in [4.69, 9.17) is 0 Å². The van der Waals surface area contributed by atoms with Crippen LogP contribution in [0.3, 0.4) is 0 Å². The molecule has 0 saturated heterocycles. The Bertz CT molecular complexity index is 359. The lowest BCUT2D eigenvalue weighted by Crippen LogP contribution is -2.10. The third kappa shape index (κ3) is 4.37. The van der Waals surface area contributed by atoms with Crippen LogP contribution in [0.4, 0.5) is 13.2 Å². The van der Waals surface area contributed by atoms with Gasteiger partial charge < -0.3 is 0 Å². The second-order valence-corrected chi connectivity index (χ2v) is 3.48. The van der Waals surface area contributed by atoms with E-state index in [1.54, 1.807) is 6.92 Å². The van der Waals surface area contributed by atoms with Crippen LogP contribution in [0.5, 0.6) is 0 Å². The second-order valence-electron chi connectivity index (χ2n) is 3.48. The Kier molecular flexibility index (Phi) is 3.98. The van der Waals surface area contributed by atoms with Gasteiger partial charge in [0.25, 0.3) is 0 Å². The zero-order valence-electron chi connectivity index (χ0n) is 8.71. The molecule has 1 aromatic rings. The van der Waals surface area contributed by atoms with Gasteiger partial charge in [0.15, 0.2) is 11.6 Å². The fourth-order valence-electron chi connectivity index (χ4n) is 1.10. The third-order valence-electron chi connectivity index (χ3n) is 1.89. The van der Waals surface area contributed by atoms with Crippen molar-refractivity contribution in [1.29, 1.82) is 0 Å². The van der Waals surface area contributed by atoms with E-state index in [1.165, 1.54) is 12.4 Å². The molecule has 0 aliphatic rings. The summed E-state index contributed by atoms with van der Waals surface area (Å²) >= 11 is 0. The summed E-state index contributed by atoms with van der Waals surface area (Å²) in [5.41, 5.74) is 0.798. The molecule has 6 heteroatoms. The van der Waals surface area contributed by atoms with Crippen LogP contribution in [0, 0.1) is 6.92 Å². The smallest absolute Gasteiger partial charge is 0.291 e. The summed E-state index contributed by atoms with van der Waals surface area (Å²) in [7, 11) is 0. The Morgan fingerprint density at radius 2 is 1.88 bits per heavy atom. The quantitative estimate of drug-likeness (QED) is 0.749. The first-order valence-corrected chi connectivity index (χ1v) is 4.77. The largest absolute Gasteiger partial charge is 0.389 e. The standard InChI is InChI=1S/C10H11F3N2O/c1-7-5-14-9(15-6-7)8(16)3-2-4-10(11,12)13/h5-6H,2-4H2,1H3. The van der Waals surface area contributed by atoms with Gasteiger partial charge in [0.05, 0.1) is 0 Å². The first-order chi connectivity index (χ1) is 7.38. The van der Waals surface area contributed by atoms with Crippen LogP contribution in [0.1, 0.15) is 35.4 Å². The molecule has 16 heavy (non-hydrogen) atoms. The predicted octanol–water partition coefficient (Wildman–Crippen LogP) is 2.70. The minimum absolute atomic E-state index is 0.0206. The van der Waals surface area contributed by atoms with Gasteiger partial charge in [-0.25, -0.2) is 9.97 Å². The van der Waals surface area contributed by atoms with E-state index in [9.17, 15) is 18.0 Å². The molecule has 0 radical (unpaired) electrons. The molecule has 0 bridgehead atoms. The van der Waals surface area contributed by atoms with Crippen LogP contribution in [-0.2, 0) is 0 Å². The molecule has 0 spiro atoms. The van der Waals surface area contributed by atoms with Gasteiger partial charge in [-0.3, -0.25) is 4.79 Å². The number of hydrogen-bond donors (Lipinski definition) is 0. The highest BCUT2D eigenvalue weighted by molar-refractivity contribution is 5.92. The summed E-state index contributed by atoms with van der Waals surface area (Å²) in [6.45, 7) is 1.76. The van der Waals surface area contributed by atoms with Gasteiger partial charge in [-0.2, -0.15) is 13.2 Å². The number of carbonyl (C=O) groups is 1. The maximum Gasteiger partial charge on any atom is 0.389 e. The van der Waals surface area contributed by atoms with E-state index in [0.29, 0.717) is 0 Å². The van der Waals surface area contributed by atoms with Crippen molar-refractivity contribution < 1.29 is 18.0 Å². The molecular weight excluding hydrogens is 221 g/mol. The van der Waals surface area contributed by atoms with Crippen molar-refractivity contribution in [2.24, 2.45) is 0 Å². The topological polar surface area (TPSA) is 42.9 Å². The van der Waals surface area contributed by atoms with Crippen molar-refractivity contribution in [1.82, 2.24) is 9.97 Å². The summed E-state index contributed by atoms with van der Waals surface area (Å²) in [6.07, 6.45) is -2.64. The molecule has 0 fully saturated rings. The fourth-order valence-corrected chi connectivity index (χ4v) is 1.10. The van der Waals surface area contributed by atoms with E-state index < -0.39 is 18.4 Å². The molecule has 0 atom stereocenters. The Morgan fingerprint density at radius 3 is 2.38 bits per heavy atom. The average molecular weight is 232 g/mol. The molecule has 0 N–H and O–H groups in total. The van der Waals surface area contributed by atoms with Crippen molar-refractivity contribution >= 4 is 5.78 Å². The number of hydrogen-bond acceptors (Lipinski definition) is 3. The van der Waals surface area contributed by atoms with Crippen LogP contribution in [0.2, 0.25) is 0 Å². The molecule has 0 amide bonds. The van der Waals surface area contributed by atoms with Crippen molar-refractivity contribution in [3.05, 3.63) is 23.8 Å². The molecule has 0 unspecified atom stereocenters. The number of aromatic nitrogens is 2. The van der Waals surface area contributed by atoms with Gasteiger partial charge in [0.1, 0.15) is 0 Å². The normalized spacial score (nSPS) is 11.5. The second kappa shape index (κ2) is 5.05. The third-order valence-corrected chi connectivity index (χ3v) is 1.89. The van der Waals surface area contributed by atoms with Crippen LogP contribution >= 0.6 is 0 Å². The van der Waals surface area contributed by atoms with Crippen molar-refractivity contribution in [2.45, 2.75) is 32.4 Å². The van der Waals surface area contributed by atoms with Gasteiger partial charge >= 0.3 is 6.18 Å². The highest BCUT2D eigenvalue weighted by Gasteiger charge is 2.26. The van der Waals surface area contributed by atoms with Crippen LogP contribution in [-0.4, -0.2) is 21.9 Å². The van der Waals surface area contributed by atoms with Crippen LogP contribution in [0.25, 0.3) is 0 Å². The zero-order chi connectivity index (χ0) is 12.2. The van der Waals surface area contributed by atoms with E-state index in [-0.39, 0.29) is 18.7 Å². The minimum atomic E-state index is -4.21. The molecule has 1 rings (SSSR count). The molecule has 0 aromatic carbocycles. The maximum absolute atomic E-state index is 11.8. The van der Waals surface area contributed by atoms with E-state index >= 15 is 0 Å². The van der Waals surface area contributed by atoms with Crippen molar-refractivity contribution in [3.63, 3.8) is 0 Å². The molecule has 1 aromatic heterocycles. The Labute approximate surface area is 90.7 Å². The highest BCUT2D eigenvalue weighted by Crippen LogP contribution is 2.22. The molecule has 0 saturated carbocycles. The number of alkyl halides is 3. The van der Waals surface area contributed by atoms with Gasteiger partial charge in [0.2, 0.25) is 0 Å². The van der Waals surface area contributed by atoms with E-state index in [1.807, 2.05) is 0 Å². The average Bonchev–Trinajstić information content (AvgIpc) is 2.16. The van der Waals surface area contributed by atoms with Crippen molar-refractivity contribution in [2.75, 3.05) is 0 Å². The number of nitrogens with zero attached hydrogens (tertiary/aromatic N) is 2. The number of ketones is 1.